The quantitative estimate of drug-likeness (QED) is 0.768. The van der Waals surface area contributed by atoms with E-state index in [-0.39, 0.29) is 17.5 Å². The average Bonchev–Trinajstić information content (AvgIpc) is 3.06. The van der Waals surface area contributed by atoms with Crippen LogP contribution in [0.5, 0.6) is 0 Å². The molecule has 0 saturated carbocycles. The second-order valence-electron chi connectivity index (χ2n) is 4.50. The number of hydrogen-bond acceptors (Lipinski definition) is 4. The van der Waals surface area contributed by atoms with Crippen LogP contribution in [0.2, 0.25) is 0 Å². The molecule has 1 amide bonds. The van der Waals surface area contributed by atoms with E-state index in [0.717, 1.165) is 11.4 Å². The molecule has 0 bridgehead atoms. The van der Waals surface area contributed by atoms with E-state index < -0.39 is 0 Å². The second kappa shape index (κ2) is 6.09. The molecule has 110 valence electrons. The van der Waals surface area contributed by atoms with Crippen LogP contribution in [0.15, 0.2) is 65.4 Å². The molecule has 3 rings (SSSR count). The maximum absolute atomic E-state index is 12.8. The lowest BCUT2D eigenvalue weighted by Crippen LogP contribution is -2.11. The molecule has 0 unspecified atom stereocenters. The molecular weight excluding hydrogens is 285 g/mol. The summed E-state index contributed by atoms with van der Waals surface area (Å²) < 4.78 is 17.8. The van der Waals surface area contributed by atoms with Gasteiger partial charge in [0.05, 0.1) is 18.1 Å². The summed E-state index contributed by atoms with van der Waals surface area (Å²) >= 11 is 0. The SMILES string of the molecule is O=C(Nc1ccc(Nc2ccc(F)cc2)cn1)c1ccco1. The first-order chi connectivity index (χ1) is 10.7. The highest BCUT2D eigenvalue weighted by Crippen LogP contribution is 2.17. The highest BCUT2D eigenvalue weighted by Gasteiger charge is 2.09. The van der Waals surface area contributed by atoms with Crippen LogP contribution in [-0.4, -0.2) is 10.9 Å². The van der Waals surface area contributed by atoms with Crippen LogP contribution in [0.25, 0.3) is 0 Å². The number of nitrogens with one attached hydrogen (secondary N) is 2. The Balaban J connectivity index is 1.65. The fraction of sp³-hybridized carbons (Fsp3) is 0. The van der Waals surface area contributed by atoms with Crippen molar-refractivity contribution < 1.29 is 13.6 Å². The summed E-state index contributed by atoms with van der Waals surface area (Å²) in [6.45, 7) is 0. The number of anilines is 3. The number of amides is 1. The lowest BCUT2D eigenvalue weighted by atomic mass is 10.3. The first kappa shape index (κ1) is 13.8. The van der Waals surface area contributed by atoms with Crippen molar-refractivity contribution in [3.8, 4) is 0 Å². The fourth-order valence-corrected chi connectivity index (χ4v) is 1.83. The molecule has 6 heteroatoms. The van der Waals surface area contributed by atoms with Crippen molar-refractivity contribution in [2.75, 3.05) is 10.6 Å². The standard InChI is InChI=1S/C16H12FN3O2/c17-11-3-5-12(6-4-11)19-13-7-8-15(18-10-13)20-16(21)14-2-1-9-22-14/h1-10,19H,(H,18,20,21). The monoisotopic (exact) mass is 297 g/mol. The second-order valence-corrected chi connectivity index (χ2v) is 4.50. The van der Waals surface area contributed by atoms with Gasteiger partial charge in [0.25, 0.3) is 5.91 Å². The van der Waals surface area contributed by atoms with Gasteiger partial charge in [-0.3, -0.25) is 4.79 Å². The van der Waals surface area contributed by atoms with Crippen LogP contribution < -0.4 is 10.6 Å². The topological polar surface area (TPSA) is 67.2 Å². The van der Waals surface area contributed by atoms with Gasteiger partial charge in [0.1, 0.15) is 11.6 Å². The molecule has 22 heavy (non-hydrogen) atoms. The largest absolute Gasteiger partial charge is 0.459 e. The lowest BCUT2D eigenvalue weighted by molar-refractivity contribution is 0.0996. The smallest absolute Gasteiger partial charge is 0.292 e. The highest BCUT2D eigenvalue weighted by molar-refractivity contribution is 6.01. The molecule has 0 aliphatic carbocycles. The Hall–Kier alpha value is -3.15. The number of halogens is 1. The predicted octanol–water partition coefficient (Wildman–Crippen LogP) is 3.81. The normalized spacial score (nSPS) is 10.2. The molecule has 2 heterocycles. The Morgan fingerprint density at radius 2 is 1.82 bits per heavy atom. The van der Waals surface area contributed by atoms with Gasteiger partial charge < -0.3 is 15.1 Å². The third kappa shape index (κ3) is 3.29. The molecule has 2 aromatic heterocycles. The molecule has 3 aromatic rings. The number of pyridine rings is 1. The molecule has 0 aliphatic rings. The number of aromatic nitrogens is 1. The van der Waals surface area contributed by atoms with Crippen molar-refractivity contribution in [2.45, 2.75) is 0 Å². The van der Waals surface area contributed by atoms with E-state index in [0.29, 0.717) is 5.82 Å². The van der Waals surface area contributed by atoms with Gasteiger partial charge in [-0.25, -0.2) is 9.37 Å². The molecule has 0 radical (unpaired) electrons. The summed E-state index contributed by atoms with van der Waals surface area (Å²) in [5, 5.41) is 5.70. The Kier molecular flexibility index (Phi) is 3.82. The van der Waals surface area contributed by atoms with Crippen molar-refractivity contribution in [1.82, 2.24) is 4.98 Å². The van der Waals surface area contributed by atoms with Crippen LogP contribution in [0.3, 0.4) is 0 Å². The third-order valence-corrected chi connectivity index (χ3v) is 2.88. The molecule has 5 nitrogen and oxygen atoms in total. The first-order valence-electron chi connectivity index (χ1n) is 6.54. The third-order valence-electron chi connectivity index (χ3n) is 2.88. The van der Waals surface area contributed by atoms with E-state index in [1.54, 1.807) is 42.6 Å². The van der Waals surface area contributed by atoms with Crippen molar-refractivity contribution >= 4 is 23.1 Å². The summed E-state index contributed by atoms with van der Waals surface area (Å²) in [7, 11) is 0. The zero-order valence-corrected chi connectivity index (χ0v) is 11.4. The maximum Gasteiger partial charge on any atom is 0.292 e. The Morgan fingerprint density at radius 3 is 2.45 bits per heavy atom. The van der Waals surface area contributed by atoms with Gasteiger partial charge in [-0.2, -0.15) is 0 Å². The van der Waals surface area contributed by atoms with Gasteiger partial charge in [-0.05, 0) is 48.5 Å². The number of carbonyl (C=O) groups is 1. The number of hydrogen-bond donors (Lipinski definition) is 2. The molecule has 0 spiro atoms. The van der Waals surface area contributed by atoms with Crippen LogP contribution in [0.4, 0.5) is 21.6 Å². The van der Waals surface area contributed by atoms with Gasteiger partial charge in [-0.1, -0.05) is 0 Å². The summed E-state index contributed by atoms with van der Waals surface area (Å²) in [5.74, 6) is -0.0298. The number of benzene rings is 1. The highest BCUT2D eigenvalue weighted by atomic mass is 19.1. The van der Waals surface area contributed by atoms with E-state index in [1.807, 2.05) is 0 Å². The molecule has 0 aliphatic heterocycles. The molecule has 0 atom stereocenters. The summed E-state index contributed by atoms with van der Waals surface area (Å²) in [6, 6.07) is 12.6. The minimum atomic E-state index is -0.364. The van der Waals surface area contributed by atoms with E-state index in [1.165, 1.54) is 18.4 Å². The van der Waals surface area contributed by atoms with Crippen molar-refractivity contribution in [3.63, 3.8) is 0 Å². The molecular formula is C16H12FN3O2. The van der Waals surface area contributed by atoms with E-state index in [9.17, 15) is 9.18 Å². The van der Waals surface area contributed by atoms with Crippen molar-refractivity contribution in [3.05, 3.63) is 72.6 Å². The maximum atomic E-state index is 12.8. The number of rotatable bonds is 4. The summed E-state index contributed by atoms with van der Waals surface area (Å²) in [4.78, 5) is 15.9. The van der Waals surface area contributed by atoms with Gasteiger partial charge >= 0.3 is 0 Å². The Bertz CT molecular complexity index is 753. The number of carbonyl (C=O) groups excluding carboxylic acids is 1. The van der Waals surface area contributed by atoms with Gasteiger partial charge in [-0.15, -0.1) is 0 Å². The predicted molar refractivity (Wildman–Crippen MR) is 80.6 cm³/mol. The summed E-state index contributed by atoms with van der Waals surface area (Å²) in [6.07, 6.45) is 3.00. The number of nitrogens with zero attached hydrogens (tertiary/aromatic N) is 1. The van der Waals surface area contributed by atoms with Gasteiger partial charge in [0.2, 0.25) is 0 Å². The zero-order chi connectivity index (χ0) is 15.4. The van der Waals surface area contributed by atoms with Crippen LogP contribution in [0.1, 0.15) is 10.6 Å². The molecule has 0 fully saturated rings. The van der Waals surface area contributed by atoms with Crippen LogP contribution in [-0.2, 0) is 0 Å². The Morgan fingerprint density at radius 1 is 1.05 bits per heavy atom. The Labute approximate surface area is 125 Å². The minimum Gasteiger partial charge on any atom is -0.459 e. The van der Waals surface area contributed by atoms with E-state index in [4.69, 9.17) is 4.42 Å². The summed E-state index contributed by atoms with van der Waals surface area (Å²) in [5.41, 5.74) is 1.47. The van der Waals surface area contributed by atoms with Crippen LogP contribution in [0, 0.1) is 5.82 Å². The fourth-order valence-electron chi connectivity index (χ4n) is 1.83. The van der Waals surface area contributed by atoms with Crippen molar-refractivity contribution in [2.24, 2.45) is 0 Å². The van der Waals surface area contributed by atoms with Gasteiger partial charge in [0.15, 0.2) is 5.76 Å². The van der Waals surface area contributed by atoms with Gasteiger partial charge in [0, 0.05) is 5.69 Å². The lowest BCUT2D eigenvalue weighted by Gasteiger charge is -2.07. The molecule has 1 aromatic carbocycles. The van der Waals surface area contributed by atoms with E-state index >= 15 is 0 Å². The molecule has 2 N–H and O–H groups in total. The van der Waals surface area contributed by atoms with Crippen LogP contribution >= 0.6 is 0 Å². The number of furan rings is 1. The first-order valence-corrected chi connectivity index (χ1v) is 6.54. The van der Waals surface area contributed by atoms with E-state index in [2.05, 4.69) is 15.6 Å². The average molecular weight is 297 g/mol. The minimum absolute atomic E-state index is 0.218. The zero-order valence-electron chi connectivity index (χ0n) is 11.4. The van der Waals surface area contributed by atoms with Crippen molar-refractivity contribution in [1.29, 1.82) is 0 Å². The molecule has 0 saturated heterocycles.